The molecule has 2 rings (SSSR count). The summed E-state index contributed by atoms with van der Waals surface area (Å²) in [4.78, 5) is 0. The highest BCUT2D eigenvalue weighted by Crippen LogP contribution is 2.41. The summed E-state index contributed by atoms with van der Waals surface area (Å²) in [5.74, 6) is 1.93. The molecule has 0 N–H and O–H groups in total. The van der Waals surface area contributed by atoms with Crippen LogP contribution in [0.25, 0.3) is 0 Å². The Labute approximate surface area is 121 Å². The van der Waals surface area contributed by atoms with Gasteiger partial charge in [-0.1, -0.05) is 63.0 Å². The van der Waals surface area contributed by atoms with E-state index in [4.69, 9.17) is 0 Å². The molecule has 0 heteroatoms. The Hall–Kier alpha value is -0.260. The monoisotopic (exact) mass is 262 g/mol. The van der Waals surface area contributed by atoms with E-state index < -0.39 is 0 Å². The first-order chi connectivity index (χ1) is 9.33. The number of hydrogen-bond donors (Lipinski definition) is 0. The Balaban J connectivity index is 2.10. The third-order valence-corrected chi connectivity index (χ3v) is 5.49. The molecular formula is C19H34. The highest BCUT2D eigenvalue weighted by Gasteiger charge is 2.27. The van der Waals surface area contributed by atoms with Crippen molar-refractivity contribution < 1.29 is 0 Å². The summed E-state index contributed by atoms with van der Waals surface area (Å²) in [5.41, 5.74) is 3.74. The first-order valence-electron chi connectivity index (χ1n) is 9.02. The first kappa shape index (κ1) is 15.1. The van der Waals surface area contributed by atoms with Crippen LogP contribution in [0, 0.1) is 11.8 Å². The molecule has 2 fully saturated rings. The molecular weight excluding hydrogens is 228 g/mol. The molecule has 0 amide bonds. The molecule has 0 spiro atoms. The highest BCUT2D eigenvalue weighted by atomic mass is 14.3. The van der Waals surface area contributed by atoms with E-state index in [2.05, 4.69) is 13.8 Å². The van der Waals surface area contributed by atoms with E-state index in [9.17, 15) is 0 Å². The van der Waals surface area contributed by atoms with E-state index in [1.807, 2.05) is 5.57 Å². The molecule has 0 atom stereocenters. The van der Waals surface area contributed by atoms with Crippen LogP contribution in [-0.2, 0) is 0 Å². The minimum Gasteiger partial charge on any atom is -0.0736 e. The fourth-order valence-corrected chi connectivity index (χ4v) is 4.44. The van der Waals surface area contributed by atoms with Gasteiger partial charge in [0.05, 0.1) is 0 Å². The smallest absolute Gasteiger partial charge is 0.0198 e. The molecule has 19 heavy (non-hydrogen) atoms. The van der Waals surface area contributed by atoms with Gasteiger partial charge in [0.2, 0.25) is 0 Å². The Morgan fingerprint density at radius 1 is 0.789 bits per heavy atom. The normalized spacial score (nSPS) is 22.4. The molecule has 2 saturated carbocycles. The van der Waals surface area contributed by atoms with Gasteiger partial charge < -0.3 is 0 Å². The summed E-state index contributed by atoms with van der Waals surface area (Å²) in [6.07, 6.45) is 19.0. The third kappa shape index (κ3) is 4.36. The van der Waals surface area contributed by atoms with Crippen molar-refractivity contribution in [2.45, 2.75) is 97.3 Å². The fraction of sp³-hybridized carbons (Fsp3) is 0.895. The Morgan fingerprint density at radius 3 is 1.68 bits per heavy atom. The zero-order valence-corrected chi connectivity index (χ0v) is 13.3. The summed E-state index contributed by atoms with van der Waals surface area (Å²) >= 11 is 0. The standard InChI is InChI=1S/C19H34/c1-3-4-11-16(2)19(17-12-7-5-8-13-17)18-14-9-6-10-15-18/h17-18H,3-15H2,1-2H3. The van der Waals surface area contributed by atoms with Gasteiger partial charge >= 0.3 is 0 Å². The lowest BCUT2D eigenvalue weighted by Gasteiger charge is -2.34. The molecule has 110 valence electrons. The molecule has 2 aliphatic rings. The summed E-state index contributed by atoms with van der Waals surface area (Å²) < 4.78 is 0. The predicted octanol–water partition coefficient (Wildman–Crippen LogP) is 6.65. The van der Waals surface area contributed by atoms with Crippen LogP contribution in [0.5, 0.6) is 0 Å². The molecule has 0 saturated heterocycles. The Kier molecular flexibility index (Phi) is 6.47. The maximum Gasteiger partial charge on any atom is -0.0198 e. The molecule has 0 radical (unpaired) electrons. The van der Waals surface area contributed by atoms with Gasteiger partial charge in [-0.25, -0.2) is 0 Å². The summed E-state index contributed by atoms with van der Waals surface area (Å²) in [6, 6.07) is 0. The van der Waals surface area contributed by atoms with Gasteiger partial charge in [-0.2, -0.15) is 0 Å². The van der Waals surface area contributed by atoms with Crippen LogP contribution in [0.2, 0.25) is 0 Å². The fourth-order valence-electron chi connectivity index (χ4n) is 4.44. The van der Waals surface area contributed by atoms with Crippen LogP contribution in [-0.4, -0.2) is 0 Å². The largest absolute Gasteiger partial charge is 0.0736 e. The van der Waals surface area contributed by atoms with Gasteiger partial charge in [-0.3, -0.25) is 0 Å². The second kappa shape index (κ2) is 8.12. The lowest BCUT2D eigenvalue weighted by Crippen LogP contribution is -2.20. The van der Waals surface area contributed by atoms with E-state index in [-0.39, 0.29) is 0 Å². The van der Waals surface area contributed by atoms with E-state index in [1.165, 1.54) is 83.5 Å². The molecule has 0 aliphatic heterocycles. The predicted molar refractivity (Wildman–Crippen MR) is 85.4 cm³/mol. The van der Waals surface area contributed by atoms with Gasteiger partial charge in [0.15, 0.2) is 0 Å². The second-order valence-corrected chi connectivity index (χ2v) is 7.01. The van der Waals surface area contributed by atoms with Crippen molar-refractivity contribution in [1.29, 1.82) is 0 Å². The molecule has 0 nitrogen and oxygen atoms in total. The molecule has 0 aromatic heterocycles. The molecule has 0 unspecified atom stereocenters. The number of allylic oxidation sites excluding steroid dienone is 2. The van der Waals surface area contributed by atoms with Crippen molar-refractivity contribution in [2.24, 2.45) is 11.8 Å². The first-order valence-corrected chi connectivity index (χ1v) is 9.02. The molecule has 2 aliphatic carbocycles. The minimum absolute atomic E-state index is 0.966. The van der Waals surface area contributed by atoms with E-state index in [0.717, 1.165) is 11.8 Å². The SMILES string of the molecule is CCCCC(C)=C(C1CCCCC1)C1CCCCC1. The van der Waals surface area contributed by atoms with E-state index >= 15 is 0 Å². The van der Waals surface area contributed by atoms with E-state index in [0.29, 0.717) is 0 Å². The highest BCUT2D eigenvalue weighted by molar-refractivity contribution is 5.20. The zero-order chi connectivity index (χ0) is 13.5. The zero-order valence-electron chi connectivity index (χ0n) is 13.3. The van der Waals surface area contributed by atoms with Crippen molar-refractivity contribution in [2.75, 3.05) is 0 Å². The van der Waals surface area contributed by atoms with Crippen LogP contribution >= 0.6 is 0 Å². The van der Waals surface area contributed by atoms with Crippen molar-refractivity contribution in [3.8, 4) is 0 Å². The summed E-state index contributed by atoms with van der Waals surface area (Å²) in [6.45, 7) is 4.79. The molecule has 0 aromatic rings. The van der Waals surface area contributed by atoms with Crippen molar-refractivity contribution in [1.82, 2.24) is 0 Å². The maximum absolute atomic E-state index is 2.47. The van der Waals surface area contributed by atoms with Crippen LogP contribution in [0.1, 0.15) is 97.3 Å². The average molecular weight is 262 g/mol. The summed E-state index contributed by atoms with van der Waals surface area (Å²) in [5, 5.41) is 0. The average Bonchev–Trinajstić information content (AvgIpc) is 2.47. The minimum atomic E-state index is 0.966. The lowest BCUT2D eigenvalue weighted by molar-refractivity contribution is 0.322. The lowest BCUT2D eigenvalue weighted by atomic mass is 9.71. The molecule has 0 bridgehead atoms. The van der Waals surface area contributed by atoms with Crippen LogP contribution in [0.3, 0.4) is 0 Å². The van der Waals surface area contributed by atoms with Gasteiger partial charge in [0.25, 0.3) is 0 Å². The Morgan fingerprint density at radius 2 is 1.26 bits per heavy atom. The Bertz CT molecular complexity index is 254. The number of unbranched alkanes of at least 4 members (excludes halogenated alkanes) is 1. The quantitative estimate of drug-likeness (QED) is 0.486. The molecule has 0 heterocycles. The number of hydrogen-bond acceptors (Lipinski definition) is 0. The van der Waals surface area contributed by atoms with Crippen LogP contribution in [0.15, 0.2) is 11.1 Å². The van der Waals surface area contributed by atoms with Crippen LogP contribution in [0.4, 0.5) is 0 Å². The van der Waals surface area contributed by atoms with Gasteiger partial charge in [-0.05, 0) is 57.3 Å². The second-order valence-electron chi connectivity index (χ2n) is 7.01. The van der Waals surface area contributed by atoms with Crippen LogP contribution < -0.4 is 0 Å². The topological polar surface area (TPSA) is 0 Å². The van der Waals surface area contributed by atoms with E-state index in [1.54, 1.807) is 5.57 Å². The maximum atomic E-state index is 2.47. The summed E-state index contributed by atoms with van der Waals surface area (Å²) in [7, 11) is 0. The van der Waals surface area contributed by atoms with Gasteiger partial charge in [0, 0.05) is 0 Å². The van der Waals surface area contributed by atoms with Gasteiger partial charge in [-0.15, -0.1) is 0 Å². The number of rotatable bonds is 5. The molecule has 0 aromatic carbocycles. The van der Waals surface area contributed by atoms with Crippen molar-refractivity contribution >= 4 is 0 Å². The third-order valence-electron chi connectivity index (χ3n) is 5.49. The van der Waals surface area contributed by atoms with Crippen molar-refractivity contribution in [3.63, 3.8) is 0 Å². The van der Waals surface area contributed by atoms with Crippen molar-refractivity contribution in [3.05, 3.63) is 11.1 Å². The van der Waals surface area contributed by atoms with Gasteiger partial charge in [0.1, 0.15) is 0 Å².